The summed E-state index contributed by atoms with van der Waals surface area (Å²) >= 11 is 0. The Morgan fingerprint density at radius 1 is 1.27 bits per heavy atom. The molecule has 120 valence electrons. The van der Waals surface area contributed by atoms with Crippen LogP contribution in [0.4, 0.5) is 5.95 Å². The number of nitrogens with one attached hydrogen (secondary N) is 2. The van der Waals surface area contributed by atoms with Crippen LogP contribution in [0.2, 0.25) is 0 Å². The zero-order valence-electron chi connectivity index (χ0n) is 13.2. The maximum Gasteiger partial charge on any atom is 0.330 e. The molecule has 0 bridgehead atoms. The van der Waals surface area contributed by atoms with Crippen LogP contribution >= 0.6 is 0 Å². The number of H-pyrrole nitrogens is 1. The highest BCUT2D eigenvalue weighted by atomic mass is 16.2. The van der Waals surface area contributed by atoms with Crippen LogP contribution in [0.3, 0.4) is 0 Å². The first-order valence-electron chi connectivity index (χ1n) is 7.71. The van der Waals surface area contributed by atoms with Gasteiger partial charge >= 0.3 is 5.69 Å². The predicted octanol–water partition coefficient (Wildman–Crippen LogP) is -0.196. The third-order valence-corrected chi connectivity index (χ3v) is 4.37. The molecular weight excluding hydrogens is 284 g/mol. The summed E-state index contributed by atoms with van der Waals surface area (Å²) in [6.45, 7) is 7.41. The van der Waals surface area contributed by atoms with Gasteiger partial charge in [-0.05, 0) is 13.3 Å². The molecule has 1 saturated heterocycles. The molecule has 3 heterocycles. The third kappa shape index (κ3) is 2.23. The summed E-state index contributed by atoms with van der Waals surface area (Å²) < 4.78 is 3.38. The number of nitrogens with zero attached hydrogens (tertiary/aromatic N) is 4. The van der Waals surface area contributed by atoms with Gasteiger partial charge in [0.2, 0.25) is 5.95 Å². The fourth-order valence-corrected chi connectivity index (χ4v) is 2.95. The number of aromatic nitrogens is 4. The second-order valence-corrected chi connectivity index (χ2v) is 5.77. The van der Waals surface area contributed by atoms with Crippen molar-refractivity contribution in [2.75, 3.05) is 31.1 Å². The first-order valence-corrected chi connectivity index (χ1v) is 7.71. The van der Waals surface area contributed by atoms with Gasteiger partial charge < -0.3 is 14.8 Å². The minimum atomic E-state index is -0.392. The van der Waals surface area contributed by atoms with Crippen LogP contribution in [0.25, 0.3) is 11.2 Å². The van der Waals surface area contributed by atoms with Crippen molar-refractivity contribution in [1.82, 2.24) is 24.4 Å². The molecule has 1 unspecified atom stereocenters. The lowest BCUT2D eigenvalue weighted by Crippen LogP contribution is -2.44. The van der Waals surface area contributed by atoms with Gasteiger partial charge in [0, 0.05) is 39.3 Å². The largest absolute Gasteiger partial charge is 0.340 e. The maximum atomic E-state index is 12.2. The number of fused-ring (bicyclic) bond motifs is 1. The van der Waals surface area contributed by atoms with Crippen molar-refractivity contribution in [1.29, 1.82) is 0 Å². The first kappa shape index (κ1) is 14.8. The molecule has 22 heavy (non-hydrogen) atoms. The predicted molar refractivity (Wildman–Crippen MR) is 85.7 cm³/mol. The van der Waals surface area contributed by atoms with Crippen LogP contribution in [-0.4, -0.2) is 45.3 Å². The van der Waals surface area contributed by atoms with Crippen molar-refractivity contribution in [3.05, 3.63) is 20.8 Å². The highest BCUT2D eigenvalue weighted by Crippen LogP contribution is 2.20. The van der Waals surface area contributed by atoms with Gasteiger partial charge in [0.05, 0.1) is 0 Å². The van der Waals surface area contributed by atoms with E-state index in [2.05, 4.69) is 20.2 Å². The number of imidazole rings is 1. The Morgan fingerprint density at radius 3 is 2.59 bits per heavy atom. The molecule has 8 heteroatoms. The van der Waals surface area contributed by atoms with E-state index in [1.165, 1.54) is 0 Å². The van der Waals surface area contributed by atoms with Crippen LogP contribution in [0, 0.1) is 0 Å². The zero-order valence-corrected chi connectivity index (χ0v) is 13.2. The van der Waals surface area contributed by atoms with E-state index < -0.39 is 5.69 Å². The monoisotopic (exact) mass is 306 g/mol. The molecule has 1 atom stereocenters. The number of rotatable bonds is 3. The van der Waals surface area contributed by atoms with Crippen LogP contribution < -0.4 is 21.5 Å². The van der Waals surface area contributed by atoms with E-state index in [0.29, 0.717) is 11.2 Å². The number of aromatic amines is 1. The number of hydrogen-bond donors (Lipinski definition) is 2. The van der Waals surface area contributed by atoms with E-state index in [1.54, 1.807) is 9.13 Å². The fourth-order valence-electron chi connectivity index (χ4n) is 2.95. The second-order valence-electron chi connectivity index (χ2n) is 5.77. The van der Waals surface area contributed by atoms with Crippen molar-refractivity contribution >= 4 is 17.1 Å². The summed E-state index contributed by atoms with van der Waals surface area (Å²) in [6, 6.07) is -0.0161. The summed E-state index contributed by atoms with van der Waals surface area (Å²) in [5.74, 6) is 0.740. The van der Waals surface area contributed by atoms with E-state index in [0.717, 1.165) is 38.5 Å². The SMILES string of the molecule is CCC(C)n1c(=O)[nH]c(=O)c2c1nc(N1CCNCC1)n2C. The molecule has 0 spiro atoms. The Labute approximate surface area is 127 Å². The average Bonchev–Trinajstić information content (AvgIpc) is 2.85. The van der Waals surface area contributed by atoms with Crippen molar-refractivity contribution in [3.63, 3.8) is 0 Å². The van der Waals surface area contributed by atoms with Gasteiger partial charge in [0.1, 0.15) is 0 Å². The summed E-state index contributed by atoms with van der Waals surface area (Å²) in [7, 11) is 1.83. The molecule has 2 aromatic heterocycles. The minimum Gasteiger partial charge on any atom is -0.340 e. The zero-order chi connectivity index (χ0) is 15.9. The third-order valence-electron chi connectivity index (χ3n) is 4.37. The highest BCUT2D eigenvalue weighted by molar-refractivity contribution is 5.74. The second kappa shape index (κ2) is 5.60. The number of anilines is 1. The Bertz CT molecular complexity index is 796. The van der Waals surface area contributed by atoms with Gasteiger partial charge in [-0.3, -0.25) is 14.3 Å². The smallest absolute Gasteiger partial charge is 0.330 e. The first-order chi connectivity index (χ1) is 10.5. The number of hydrogen-bond acceptors (Lipinski definition) is 5. The topological polar surface area (TPSA) is 87.9 Å². The van der Waals surface area contributed by atoms with Gasteiger partial charge in [-0.25, -0.2) is 4.79 Å². The molecule has 0 radical (unpaired) electrons. The van der Waals surface area contributed by atoms with E-state index in [-0.39, 0.29) is 11.6 Å². The Morgan fingerprint density at radius 2 is 1.95 bits per heavy atom. The van der Waals surface area contributed by atoms with Crippen molar-refractivity contribution in [2.45, 2.75) is 26.3 Å². The van der Waals surface area contributed by atoms with E-state index >= 15 is 0 Å². The standard InChI is InChI=1S/C14H22N6O2/c1-4-9(2)20-11-10(12(21)17-14(20)22)18(3)13(16-11)19-7-5-15-6-8-19/h9,15H,4-8H2,1-3H3,(H,17,21,22). The molecule has 3 rings (SSSR count). The maximum absolute atomic E-state index is 12.2. The quantitative estimate of drug-likeness (QED) is 0.820. The molecule has 0 amide bonds. The Kier molecular flexibility index (Phi) is 3.78. The van der Waals surface area contributed by atoms with E-state index in [9.17, 15) is 9.59 Å². The lowest BCUT2D eigenvalue weighted by molar-refractivity contribution is 0.517. The minimum absolute atomic E-state index is 0.0161. The van der Waals surface area contributed by atoms with Crippen molar-refractivity contribution in [2.24, 2.45) is 7.05 Å². The number of piperazine rings is 1. The van der Waals surface area contributed by atoms with Gasteiger partial charge in [-0.1, -0.05) is 6.92 Å². The lowest BCUT2D eigenvalue weighted by Gasteiger charge is -2.28. The summed E-state index contributed by atoms with van der Waals surface area (Å²) in [4.78, 5) is 33.6. The Hall–Kier alpha value is -2.09. The molecule has 2 N–H and O–H groups in total. The van der Waals surface area contributed by atoms with E-state index in [4.69, 9.17) is 0 Å². The number of aryl methyl sites for hydroxylation is 1. The molecule has 2 aromatic rings. The van der Waals surface area contributed by atoms with Gasteiger partial charge in [-0.2, -0.15) is 4.98 Å². The van der Waals surface area contributed by atoms with Crippen molar-refractivity contribution < 1.29 is 0 Å². The molecule has 1 fully saturated rings. The molecule has 0 aliphatic carbocycles. The van der Waals surface area contributed by atoms with Gasteiger partial charge in [0.25, 0.3) is 5.56 Å². The average molecular weight is 306 g/mol. The van der Waals surface area contributed by atoms with Gasteiger partial charge in [0.15, 0.2) is 11.2 Å². The molecule has 1 aliphatic rings. The molecule has 1 aliphatic heterocycles. The molecule has 0 aromatic carbocycles. The highest BCUT2D eigenvalue weighted by Gasteiger charge is 2.22. The molecular formula is C14H22N6O2. The van der Waals surface area contributed by atoms with Crippen LogP contribution in [0.1, 0.15) is 26.3 Å². The fraction of sp³-hybridized carbons (Fsp3) is 0.643. The van der Waals surface area contributed by atoms with E-state index in [1.807, 2.05) is 20.9 Å². The molecule has 0 saturated carbocycles. The summed E-state index contributed by atoms with van der Waals surface area (Å²) in [5, 5.41) is 3.30. The summed E-state index contributed by atoms with van der Waals surface area (Å²) in [5.41, 5.74) is 0.153. The van der Waals surface area contributed by atoms with Crippen LogP contribution in [0.5, 0.6) is 0 Å². The van der Waals surface area contributed by atoms with Crippen LogP contribution in [0.15, 0.2) is 9.59 Å². The van der Waals surface area contributed by atoms with Gasteiger partial charge in [-0.15, -0.1) is 0 Å². The Balaban J connectivity index is 2.26. The molecule has 8 nitrogen and oxygen atoms in total. The lowest BCUT2D eigenvalue weighted by atomic mass is 10.2. The normalized spacial score (nSPS) is 17.1. The van der Waals surface area contributed by atoms with Crippen LogP contribution in [-0.2, 0) is 7.05 Å². The van der Waals surface area contributed by atoms with Crippen molar-refractivity contribution in [3.8, 4) is 0 Å². The summed E-state index contributed by atoms with van der Waals surface area (Å²) in [6.07, 6.45) is 0.792.